The normalized spacial score (nSPS) is 22.6. The van der Waals surface area contributed by atoms with Gasteiger partial charge in [0.15, 0.2) is 0 Å². The Morgan fingerprint density at radius 1 is 1.37 bits per heavy atom. The molecule has 4 nitrogen and oxygen atoms in total. The third-order valence-corrected chi connectivity index (χ3v) is 4.88. The summed E-state index contributed by atoms with van der Waals surface area (Å²) in [5, 5.41) is 9.11. The van der Waals surface area contributed by atoms with E-state index < -0.39 is 11.9 Å². The number of benzene rings is 1. The summed E-state index contributed by atoms with van der Waals surface area (Å²) >= 11 is 2.20. The molecule has 0 spiro atoms. The summed E-state index contributed by atoms with van der Waals surface area (Å²) < 4.78 is 1.05. The minimum Gasteiger partial charge on any atom is -0.481 e. The molecule has 0 unspecified atom stereocenters. The number of aliphatic carboxylic acids is 1. The van der Waals surface area contributed by atoms with E-state index in [0.29, 0.717) is 18.7 Å². The molecule has 1 N–H and O–H groups in total. The first-order chi connectivity index (χ1) is 8.91. The van der Waals surface area contributed by atoms with Crippen LogP contribution in [0.25, 0.3) is 0 Å². The van der Waals surface area contributed by atoms with Gasteiger partial charge in [0.1, 0.15) is 0 Å². The number of hydrogen-bond donors (Lipinski definition) is 1. The Balaban J connectivity index is 2.22. The van der Waals surface area contributed by atoms with Crippen molar-refractivity contribution < 1.29 is 14.7 Å². The molecule has 1 aromatic carbocycles. The van der Waals surface area contributed by atoms with E-state index in [0.717, 1.165) is 9.13 Å². The van der Waals surface area contributed by atoms with Gasteiger partial charge in [0, 0.05) is 22.2 Å². The zero-order valence-corrected chi connectivity index (χ0v) is 13.0. The van der Waals surface area contributed by atoms with E-state index in [2.05, 4.69) is 22.6 Å². The van der Waals surface area contributed by atoms with Crippen LogP contribution in [0.2, 0.25) is 0 Å². The van der Waals surface area contributed by atoms with Gasteiger partial charge in [0.05, 0.1) is 5.92 Å². The van der Waals surface area contributed by atoms with Crippen LogP contribution in [0, 0.1) is 22.3 Å². The summed E-state index contributed by atoms with van der Waals surface area (Å²) in [4.78, 5) is 25.2. The predicted octanol–water partition coefficient (Wildman–Crippen LogP) is 2.39. The fraction of sp³-hybridized carbons (Fsp3) is 0.429. The highest BCUT2D eigenvalue weighted by atomic mass is 127. The van der Waals surface area contributed by atoms with Crippen LogP contribution in [-0.2, 0) is 4.79 Å². The highest BCUT2D eigenvalue weighted by molar-refractivity contribution is 14.1. The molecule has 1 saturated heterocycles. The van der Waals surface area contributed by atoms with Crippen molar-refractivity contribution in [2.75, 3.05) is 13.1 Å². The topological polar surface area (TPSA) is 57.6 Å². The van der Waals surface area contributed by atoms with Crippen LogP contribution < -0.4 is 0 Å². The zero-order chi connectivity index (χ0) is 14.2. The zero-order valence-electron chi connectivity index (χ0n) is 10.9. The Kier molecular flexibility index (Phi) is 4.13. The monoisotopic (exact) mass is 373 g/mol. The highest BCUT2D eigenvalue weighted by Gasteiger charge is 2.37. The lowest BCUT2D eigenvalue weighted by Gasteiger charge is -2.17. The number of rotatable bonds is 2. The molecule has 1 aliphatic heterocycles. The molecule has 0 aliphatic carbocycles. The van der Waals surface area contributed by atoms with E-state index in [1.165, 1.54) is 0 Å². The Morgan fingerprint density at radius 2 is 2.05 bits per heavy atom. The lowest BCUT2D eigenvalue weighted by atomic mass is 9.99. The van der Waals surface area contributed by atoms with Gasteiger partial charge in [0.25, 0.3) is 5.91 Å². The molecule has 2 atom stereocenters. The molecule has 102 valence electrons. The number of nitrogens with zero attached hydrogens (tertiary/aromatic N) is 1. The second-order valence-electron chi connectivity index (χ2n) is 5.04. The van der Waals surface area contributed by atoms with E-state index in [-0.39, 0.29) is 11.8 Å². The van der Waals surface area contributed by atoms with E-state index in [9.17, 15) is 9.59 Å². The van der Waals surface area contributed by atoms with Crippen LogP contribution in [0.5, 0.6) is 0 Å². The van der Waals surface area contributed by atoms with Crippen molar-refractivity contribution in [3.8, 4) is 0 Å². The molecule has 1 fully saturated rings. The van der Waals surface area contributed by atoms with Gasteiger partial charge in [-0.3, -0.25) is 9.59 Å². The minimum atomic E-state index is -0.817. The Hall–Kier alpha value is -1.11. The van der Waals surface area contributed by atoms with E-state index >= 15 is 0 Å². The second-order valence-corrected chi connectivity index (χ2v) is 6.21. The van der Waals surface area contributed by atoms with Crippen LogP contribution in [0.3, 0.4) is 0 Å². The maximum absolute atomic E-state index is 12.5. The van der Waals surface area contributed by atoms with Crippen molar-refractivity contribution in [3.63, 3.8) is 0 Å². The molecule has 5 heteroatoms. The van der Waals surface area contributed by atoms with E-state index in [1.807, 2.05) is 26.0 Å². The first-order valence-electron chi connectivity index (χ1n) is 6.19. The second kappa shape index (κ2) is 5.48. The van der Waals surface area contributed by atoms with Crippen molar-refractivity contribution in [1.82, 2.24) is 4.90 Å². The van der Waals surface area contributed by atoms with Gasteiger partial charge in [-0.05, 0) is 53.1 Å². The molecule has 0 aromatic heterocycles. The number of carbonyl (C=O) groups is 2. The Morgan fingerprint density at radius 3 is 2.63 bits per heavy atom. The maximum Gasteiger partial charge on any atom is 0.308 e. The smallest absolute Gasteiger partial charge is 0.308 e. The fourth-order valence-corrected chi connectivity index (χ4v) is 2.96. The summed E-state index contributed by atoms with van der Waals surface area (Å²) in [6.45, 7) is 4.62. The van der Waals surface area contributed by atoms with Crippen LogP contribution in [-0.4, -0.2) is 35.0 Å². The van der Waals surface area contributed by atoms with E-state index in [4.69, 9.17) is 5.11 Å². The third kappa shape index (κ3) is 2.75. The van der Waals surface area contributed by atoms with Crippen LogP contribution in [0.15, 0.2) is 18.2 Å². The van der Waals surface area contributed by atoms with Gasteiger partial charge in [0.2, 0.25) is 0 Å². The number of halogens is 1. The molecule has 1 aliphatic rings. The lowest BCUT2D eigenvalue weighted by molar-refractivity contribution is -0.142. The molecule has 2 rings (SSSR count). The van der Waals surface area contributed by atoms with Gasteiger partial charge in [-0.1, -0.05) is 13.0 Å². The first kappa shape index (κ1) is 14.3. The van der Waals surface area contributed by atoms with Crippen LogP contribution >= 0.6 is 22.6 Å². The van der Waals surface area contributed by atoms with Gasteiger partial charge in [-0.2, -0.15) is 0 Å². The first-order valence-corrected chi connectivity index (χ1v) is 7.27. The molecular weight excluding hydrogens is 357 g/mol. The van der Waals surface area contributed by atoms with E-state index in [1.54, 1.807) is 11.0 Å². The molecule has 0 saturated carbocycles. The molecular formula is C14H16INO3. The van der Waals surface area contributed by atoms with Crippen molar-refractivity contribution in [2.24, 2.45) is 11.8 Å². The predicted molar refractivity (Wildman–Crippen MR) is 80.1 cm³/mol. The standard InChI is InChI=1S/C14H16INO3/c1-8-6-16(7-11(8)14(18)19)13(17)10-4-3-5-12(15)9(10)2/h3-5,8,11H,6-7H2,1-2H3,(H,18,19)/t8-,11-/m1/s1. The molecule has 0 bridgehead atoms. The lowest BCUT2D eigenvalue weighted by Crippen LogP contribution is -2.30. The molecule has 1 amide bonds. The SMILES string of the molecule is Cc1c(I)cccc1C(=O)N1C[C@@H](C)[C@H](C(=O)O)C1. The quantitative estimate of drug-likeness (QED) is 0.810. The summed E-state index contributed by atoms with van der Waals surface area (Å²) in [5.74, 6) is -1.33. The molecule has 19 heavy (non-hydrogen) atoms. The van der Waals surface area contributed by atoms with Crippen molar-refractivity contribution in [1.29, 1.82) is 0 Å². The highest BCUT2D eigenvalue weighted by Crippen LogP contribution is 2.26. The summed E-state index contributed by atoms with van der Waals surface area (Å²) in [6, 6.07) is 5.62. The number of likely N-dealkylation sites (tertiary alicyclic amines) is 1. The van der Waals surface area contributed by atoms with Gasteiger partial charge in [-0.25, -0.2) is 0 Å². The third-order valence-electron chi connectivity index (χ3n) is 3.71. The van der Waals surface area contributed by atoms with Crippen molar-refractivity contribution in [3.05, 3.63) is 32.9 Å². The summed E-state index contributed by atoms with van der Waals surface area (Å²) in [7, 11) is 0. The number of carboxylic acid groups (broad SMARTS) is 1. The summed E-state index contributed by atoms with van der Waals surface area (Å²) in [5.41, 5.74) is 1.63. The summed E-state index contributed by atoms with van der Waals surface area (Å²) in [6.07, 6.45) is 0. The van der Waals surface area contributed by atoms with Crippen molar-refractivity contribution >= 4 is 34.5 Å². The molecule has 1 heterocycles. The van der Waals surface area contributed by atoms with Crippen molar-refractivity contribution in [2.45, 2.75) is 13.8 Å². The van der Waals surface area contributed by atoms with Gasteiger partial charge in [-0.15, -0.1) is 0 Å². The Labute approximate surface area is 125 Å². The Bertz CT molecular complexity index is 529. The number of carbonyl (C=O) groups excluding carboxylic acids is 1. The average Bonchev–Trinajstić information content (AvgIpc) is 2.74. The molecule has 0 radical (unpaired) electrons. The van der Waals surface area contributed by atoms with Gasteiger partial charge >= 0.3 is 5.97 Å². The number of hydrogen-bond acceptors (Lipinski definition) is 2. The number of carboxylic acids is 1. The van der Waals surface area contributed by atoms with Crippen LogP contribution in [0.4, 0.5) is 0 Å². The molecule has 1 aromatic rings. The van der Waals surface area contributed by atoms with Gasteiger partial charge < -0.3 is 10.0 Å². The fourth-order valence-electron chi connectivity index (χ4n) is 2.46. The minimum absolute atomic E-state index is 0.00420. The maximum atomic E-state index is 12.5. The van der Waals surface area contributed by atoms with Crippen LogP contribution in [0.1, 0.15) is 22.8 Å². The largest absolute Gasteiger partial charge is 0.481 e. The average molecular weight is 373 g/mol. The number of amides is 1.